The van der Waals surface area contributed by atoms with Gasteiger partial charge in [0.05, 0.1) is 5.60 Å². The minimum atomic E-state index is -1.46. The molecule has 1 heterocycles. The molecule has 3 rings (SSSR count). The molecule has 0 spiro atoms. The van der Waals surface area contributed by atoms with Crippen LogP contribution in [0.4, 0.5) is 0 Å². The highest BCUT2D eigenvalue weighted by Gasteiger charge is 2.16. The first kappa shape index (κ1) is 13.3. The number of hydrogen-bond acceptors (Lipinski definition) is 3. The number of fused-ring (bicyclic) bond motifs is 3. The Bertz CT molecular complexity index is 726. The Hall–Kier alpha value is -1.70. The normalized spacial score (nSPS) is 11.9. The van der Waals surface area contributed by atoms with Gasteiger partial charge in [0, 0.05) is 10.8 Å². The van der Waals surface area contributed by atoms with E-state index in [0.717, 1.165) is 21.9 Å². The molecule has 0 N–H and O–H groups in total. The first-order valence-electron chi connectivity index (χ1n) is 6.56. The van der Waals surface area contributed by atoms with E-state index in [1.165, 1.54) is 0 Å². The van der Waals surface area contributed by atoms with Crippen molar-refractivity contribution >= 4 is 30.2 Å². The molecule has 0 aliphatic heterocycles. The van der Waals surface area contributed by atoms with E-state index in [9.17, 15) is 0 Å². The van der Waals surface area contributed by atoms with Gasteiger partial charge in [0.15, 0.2) is 0 Å². The van der Waals surface area contributed by atoms with E-state index in [4.69, 9.17) is 12.9 Å². The SMILES string of the molecule is CC(C)(C)Op1oc2ccccc2c2ccccc2o1. The van der Waals surface area contributed by atoms with Gasteiger partial charge in [0.25, 0.3) is 0 Å². The average molecular weight is 288 g/mol. The molecular weight excluding hydrogens is 271 g/mol. The second kappa shape index (κ2) is 5.01. The van der Waals surface area contributed by atoms with Crippen molar-refractivity contribution in [1.29, 1.82) is 0 Å². The summed E-state index contributed by atoms with van der Waals surface area (Å²) in [6, 6.07) is 15.9. The summed E-state index contributed by atoms with van der Waals surface area (Å²) >= 11 is 0. The Kier molecular flexibility index (Phi) is 3.33. The fourth-order valence-electron chi connectivity index (χ4n) is 1.98. The zero-order valence-corrected chi connectivity index (χ0v) is 12.7. The maximum absolute atomic E-state index is 5.94. The Morgan fingerprint density at radius 3 is 1.70 bits per heavy atom. The van der Waals surface area contributed by atoms with E-state index >= 15 is 0 Å². The topological polar surface area (TPSA) is 35.5 Å². The largest absolute Gasteiger partial charge is 0.399 e. The van der Waals surface area contributed by atoms with Crippen LogP contribution in [-0.4, -0.2) is 5.60 Å². The number of rotatable bonds is 1. The molecule has 20 heavy (non-hydrogen) atoms. The van der Waals surface area contributed by atoms with Crippen molar-refractivity contribution in [3.05, 3.63) is 48.5 Å². The van der Waals surface area contributed by atoms with Crippen LogP contribution in [0.15, 0.2) is 56.9 Å². The zero-order chi connectivity index (χ0) is 14.2. The Labute approximate surface area is 118 Å². The average Bonchev–Trinajstić information content (AvgIpc) is 2.52. The first-order valence-corrected chi connectivity index (χ1v) is 7.66. The predicted molar refractivity (Wildman–Crippen MR) is 82.7 cm³/mol. The zero-order valence-electron chi connectivity index (χ0n) is 11.8. The van der Waals surface area contributed by atoms with Gasteiger partial charge in [-0.15, -0.1) is 0 Å². The van der Waals surface area contributed by atoms with Crippen molar-refractivity contribution in [2.45, 2.75) is 26.4 Å². The van der Waals surface area contributed by atoms with Crippen molar-refractivity contribution < 1.29 is 12.9 Å². The lowest BCUT2D eigenvalue weighted by Crippen LogP contribution is -2.21. The molecule has 2 aromatic carbocycles. The Morgan fingerprint density at radius 2 is 1.25 bits per heavy atom. The van der Waals surface area contributed by atoms with E-state index in [2.05, 4.69) is 0 Å². The third-order valence-electron chi connectivity index (χ3n) is 2.76. The smallest absolute Gasteiger partial charge is 0.387 e. The second-order valence-corrected chi connectivity index (χ2v) is 6.60. The van der Waals surface area contributed by atoms with Gasteiger partial charge in [0.1, 0.15) is 11.2 Å². The molecule has 0 aliphatic carbocycles. The molecule has 0 saturated carbocycles. The summed E-state index contributed by atoms with van der Waals surface area (Å²) in [4.78, 5) is 0. The lowest BCUT2D eigenvalue weighted by atomic mass is 10.1. The van der Waals surface area contributed by atoms with Crippen LogP contribution in [0.3, 0.4) is 0 Å². The molecule has 0 aliphatic rings. The number of hydrogen-bond donors (Lipinski definition) is 0. The molecular formula is C16H17O3P. The predicted octanol–water partition coefficient (Wildman–Crippen LogP) is 5.52. The molecule has 3 aromatic rings. The van der Waals surface area contributed by atoms with Crippen molar-refractivity contribution in [2.75, 3.05) is 0 Å². The minimum Gasteiger partial charge on any atom is -0.399 e. The van der Waals surface area contributed by atoms with Crippen LogP contribution in [0.1, 0.15) is 20.8 Å². The Morgan fingerprint density at radius 1 is 0.800 bits per heavy atom. The molecule has 0 atom stereocenters. The first-order chi connectivity index (χ1) is 9.53. The van der Waals surface area contributed by atoms with Crippen LogP contribution in [0, 0.1) is 0 Å². The maximum Gasteiger partial charge on any atom is 0.387 e. The van der Waals surface area contributed by atoms with Gasteiger partial charge in [-0.25, -0.2) is 0 Å². The molecule has 0 unspecified atom stereocenters. The molecule has 0 bridgehead atoms. The maximum atomic E-state index is 5.94. The van der Waals surface area contributed by atoms with Gasteiger partial charge in [-0.2, -0.15) is 0 Å². The quantitative estimate of drug-likeness (QED) is 0.591. The van der Waals surface area contributed by atoms with Gasteiger partial charge < -0.3 is 8.39 Å². The summed E-state index contributed by atoms with van der Waals surface area (Å²) in [7, 11) is -1.46. The van der Waals surface area contributed by atoms with Crippen LogP contribution in [0.2, 0.25) is 0 Å². The molecule has 0 fully saturated rings. The van der Waals surface area contributed by atoms with Crippen LogP contribution in [0.25, 0.3) is 21.9 Å². The lowest BCUT2D eigenvalue weighted by Gasteiger charge is -2.15. The fourth-order valence-corrected chi connectivity index (χ4v) is 3.18. The minimum absolute atomic E-state index is 0.320. The van der Waals surface area contributed by atoms with Gasteiger partial charge in [-0.3, -0.25) is 4.52 Å². The third kappa shape index (κ3) is 2.74. The molecule has 1 aromatic heterocycles. The summed E-state index contributed by atoms with van der Waals surface area (Å²) in [5, 5.41) is 2.07. The summed E-state index contributed by atoms with van der Waals surface area (Å²) in [5.41, 5.74) is 1.28. The summed E-state index contributed by atoms with van der Waals surface area (Å²) < 4.78 is 17.8. The van der Waals surface area contributed by atoms with Gasteiger partial charge in [0.2, 0.25) is 0 Å². The van der Waals surface area contributed by atoms with E-state index in [1.807, 2.05) is 69.3 Å². The van der Waals surface area contributed by atoms with E-state index in [0.29, 0.717) is 0 Å². The second-order valence-electron chi connectivity index (χ2n) is 5.60. The summed E-state index contributed by atoms with van der Waals surface area (Å²) in [5.74, 6) is 0. The van der Waals surface area contributed by atoms with Crippen LogP contribution < -0.4 is 4.52 Å². The van der Waals surface area contributed by atoms with Gasteiger partial charge >= 0.3 is 8.24 Å². The Balaban J connectivity index is 2.37. The van der Waals surface area contributed by atoms with E-state index < -0.39 is 8.24 Å². The summed E-state index contributed by atoms with van der Waals surface area (Å²) in [6.45, 7) is 5.97. The molecule has 3 nitrogen and oxygen atoms in total. The van der Waals surface area contributed by atoms with E-state index in [-0.39, 0.29) is 5.60 Å². The van der Waals surface area contributed by atoms with Crippen molar-refractivity contribution in [3.63, 3.8) is 0 Å². The lowest BCUT2D eigenvalue weighted by molar-refractivity contribution is 0.184. The molecule has 104 valence electrons. The highest BCUT2D eigenvalue weighted by Crippen LogP contribution is 2.35. The van der Waals surface area contributed by atoms with E-state index in [1.54, 1.807) is 0 Å². The number of para-hydroxylation sites is 2. The molecule has 0 saturated heterocycles. The molecule has 0 radical (unpaired) electrons. The van der Waals surface area contributed by atoms with Crippen LogP contribution in [0.5, 0.6) is 0 Å². The standard InChI is InChI=1S/C16H17O3P/c1-16(2,3)19-20-17-14-10-6-4-8-12(14)13-9-5-7-11-15(13)18-20/h4-11H,1-3H3. The van der Waals surface area contributed by atoms with Crippen molar-refractivity contribution in [2.24, 2.45) is 0 Å². The summed E-state index contributed by atoms with van der Waals surface area (Å²) in [6.07, 6.45) is 0. The van der Waals surface area contributed by atoms with Crippen LogP contribution in [-0.2, 0) is 0 Å². The third-order valence-corrected chi connectivity index (χ3v) is 4.15. The van der Waals surface area contributed by atoms with Crippen molar-refractivity contribution in [1.82, 2.24) is 0 Å². The molecule has 0 amide bonds. The highest BCUT2D eigenvalue weighted by molar-refractivity contribution is 7.31. The number of benzene rings is 2. The fraction of sp³-hybridized carbons (Fsp3) is 0.250. The van der Waals surface area contributed by atoms with Crippen LogP contribution >= 0.6 is 8.24 Å². The molecule has 4 heteroatoms. The van der Waals surface area contributed by atoms with Gasteiger partial charge in [-0.1, -0.05) is 36.4 Å². The van der Waals surface area contributed by atoms with Crippen molar-refractivity contribution in [3.8, 4) is 0 Å². The monoisotopic (exact) mass is 288 g/mol. The van der Waals surface area contributed by atoms with Gasteiger partial charge in [-0.05, 0) is 32.9 Å². The highest BCUT2D eigenvalue weighted by atomic mass is 31.1.